The second-order valence-electron chi connectivity index (χ2n) is 7.51. The van der Waals surface area contributed by atoms with Gasteiger partial charge in [-0.25, -0.2) is 4.98 Å². The summed E-state index contributed by atoms with van der Waals surface area (Å²) in [5.41, 5.74) is 1.24. The summed E-state index contributed by atoms with van der Waals surface area (Å²) < 4.78 is 5.66. The lowest BCUT2D eigenvalue weighted by Gasteiger charge is -2.11. The molecule has 29 heavy (non-hydrogen) atoms. The number of aromatic nitrogens is 1. The van der Waals surface area contributed by atoms with Crippen LogP contribution in [0.3, 0.4) is 0 Å². The third-order valence-corrected chi connectivity index (χ3v) is 4.94. The predicted octanol–water partition coefficient (Wildman–Crippen LogP) is 6.65. The zero-order chi connectivity index (χ0) is 20.7. The van der Waals surface area contributed by atoms with E-state index >= 15 is 0 Å². The standard InChI is InChI=1S/C25H36N2O2/c1-3-5-6-7-8-9-10-11-17-26-25-23(16-13-18-27-25)24(28)21-14-12-15-22(20-21)29-19-4-2/h12-16,18,20H,3-11,17,19H2,1-2H3,(H,26,27). The Bertz CT molecular complexity index is 730. The van der Waals surface area contributed by atoms with Gasteiger partial charge in [-0.15, -0.1) is 0 Å². The Labute approximate surface area is 176 Å². The molecule has 1 aromatic heterocycles. The predicted molar refractivity (Wildman–Crippen MR) is 121 cm³/mol. The summed E-state index contributed by atoms with van der Waals surface area (Å²) in [5.74, 6) is 1.37. The Kier molecular flexibility index (Phi) is 10.9. The highest BCUT2D eigenvalue weighted by Gasteiger charge is 2.15. The number of pyridine rings is 1. The van der Waals surface area contributed by atoms with E-state index in [0.29, 0.717) is 23.6 Å². The lowest BCUT2D eigenvalue weighted by atomic mass is 10.0. The van der Waals surface area contributed by atoms with Gasteiger partial charge in [0.2, 0.25) is 0 Å². The van der Waals surface area contributed by atoms with Gasteiger partial charge in [-0.1, -0.05) is 70.9 Å². The van der Waals surface area contributed by atoms with Crippen LogP contribution in [0.25, 0.3) is 0 Å². The van der Waals surface area contributed by atoms with Gasteiger partial charge in [0.1, 0.15) is 11.6 Å². The minimum absolute atomic E-state index is 0.0292. The number of unbranched alkanes of at least 4 members (excludes halogenated alkanes) is 7. The summed E-state index contributed by atoms with van der Waals surface area (Å²) in [6, 6.07) is 11.0. The van der Waals surface area contributed by atoms with Crippen LogP contribution in [0.15, 0.2) is 42.6 Å². The van der Waals surface area contributed by atoms with Gasteiger partial charge in [0.25, 0.3) is 0 Å². The maximum atomic E-state index is 13.0. The van der Waals surface area contributed by atoms with Gasteiger partial charge < -0.3 is 10.1 Å². The molecule has 1 N–H and O–H groups in total. The molecule has 0 aliphatic rings. The quantitative estimate of drug-likeness (QED) is 0.270. The van der Waals surface area contributed by atoms with Gasteiger partial charge in [-0.2, -0.15) is 0 Å². The van der Waals surface area contributed by atoms with Crippen molar-refractivity contribution in [2.24, 2.45) is 0 Å². The average molecular weight is 397 g/mol. The Morgan fingerprint density at radius 1 is 0.931 bits per heavy atom. The number of hydrogen-bond acceptors (Lipinski definition) is 4. The van der Waals surface area contributed by atoms with E-state index in [1.54, 1.807) is 6.20 Å². The van der Waals surface area contributed by atoms with Crippen molar-refractivity contribution in [1.29, 1.82) is 0 Å². The van der Waals surface area contributed by atoms with Gasteiger partial charge in [0, 0.05) is 18.3 Å². The number of ketones is 1. The van der Waals surface area contributed by atoms with Crippen LogP contribution in [0, 0.1) is 0 Å². The molecule has 0 aliphatic carbocycles. The first-order valence-corrected chi connectivity index (χ1v) is 11.2. The summed E-state index contributed by atoms with van der Waals surface area (Å²) >= 11 is 0. The number of anilines is 1. The molecule has 0 atom stereocenters. The van der Waals surface area contributed by atoms with E-state index in [1.807, 2.05) is 36.4 Å². The lowest BCUT2D eigenvalue weighted by molar-refractivity contribution is 0.103. The molecule has 4 heteroatoms. The molecule has 0 amide bonds. The molecule has 2 aromatic rings. The molecule has 0 fully saturated rings. The van der Waals surface area contributed by atoms with E-state index in [9.17, 15) is 4.79 Å². The first kappa shape index (κ1) is 22.9. The fraction of sp³-hybridized carbons (Fsp3) is 0.520. The number of rotatable bonds is 15. The third kappa shape index (κ3) is 8.26. The molecular formula is C25H36N2O2. The summed E-state index contributed by atoms with van der Waals surface area (Å²) in [7, 11) is 0. The first-order chi connectivity index (χ1) is 14.3. The largest absolute Gasteiger partial charge is 0.494 e. The van der Waals surface area contributed by atoms with Gasteiger partial charge in [0.15, 0.2) is 5.78 Å². The molecule has 0 saturated carbocycles. The van der Waals surface area contributed by atoms with Crippen LogP contribution in [0.4, 0.5) is 5.82 Å². The van der Waals surface area contributed by atoms with Crippen molar-refractivity contribution in [1.82, 2.24) is 4.98 Å². The second kappa shape index (κ2) is 13.8. The van der Waals surface area contributed by atoms with Crippen molar-refractivity contribution in [3.63, 3.8) is 0 Å². The molecule has 0 saturated heterocycles. The molecule has 158 valence electrons. The third-order valence-electron chi connectivity index (χ3n) is 4.94. The normalized spacial score (nSPS) is 10.7. The van der Waals surface area contributed by atoms with Gasteiger partial charge in [-0.05, 0) is 37.1 Å². The number of carbonyl (C=O) groups is 1. The van der Waals surface area contributed by atoms with Gasteiger partial charge >= 0.3 is 0 Å². The summed E-state index contributed by atoms with van der Waals surface area (Å²) in [6.45, 7) is 5.80. The highest BCUT2D eigenvalue weighted by atomic mass is 16.5. The Morgan fingerprint density at radius 2 is 1.69 bits per heavy atom. The monoisotopic (exact) mass is 396 g/mol. The number of nitrogens with one attached hydrogen (secondary N) is 1. The number of hydrogen-bond donors (Lipinski definition) is 1. The maximum absolute atomic E-state index is 13.0. The van der Waals surface area contributed by atoms with Crippen LogP contribution < -0.4 is 10.1 Å². The highest BCUT2D eigenvalue weighted by Crippen LogP contribution is 2.20. The fourth-order valence-electron chi connectivity index (χ4n) is 3.30. The molecular weight excluding hydrogens is 360 g/mol. The van der Waals surface area contributed by atoms with E-state index in [4.69, 9.17) is 4.74 Å². The Hall–Kier alpha value is -2.36. The summed E-state index contributed by atoms with van der Waals surface area (Å²) in [4.78, 5) is 17.4. The van der Waals surface area contributed by atoms with Crippen molar-refractivity contribution < 1.29 is 9.53 Å². The van der Waals surface area contributed by atoms with E-state index in [0.717, 1.165) is 25.1 Å². The van der Waals surface area contributed by atoms with E-state index < -0.39 is 0 Å². The maximum Gasteiger partial charge on any atom is 0.196 e. The van der Waals surface area contributed by atoms with Crippen molar-refractivity contribution in [3.05, 3.63) is 53.7 Å². The Morgan fingerprint density at radius 3 is 2.45 bits per heavy atom. The van der Waals surface area contributed by atoms with Crippen molar-refractivity contribution >= 4 is 11.6 Å². The Balaban J connectivity index is 1.86. The van der Waals surface area contributed by atoms with E-state index in [1.165, 1.54) is 44.9 Å². The van der Waals surface area contributed by atoms with Crippen LogP contribution in [-0.2, 0) is 0 Å². The first-order valence-electron chi connectivity index (χ1n) is 11.2. The van der Waals surface area contributed by atoms with Crippen LogP contribution in [0.1, 0.15) is 87.6 Å². The molecule has 4 nitrogen and oxygen atoms in total. The SMILES string of the molecule is CCCCCCCCCCNc1ncccc1C(=O)c1cccc(OCCC)c1. The molecule has 0 spiro atoms. The second-order valence-corrected chi connectivity index (χ2v) is 7.51. The molecule has 0 aliphatic heterocycles. The van der Waals surface area contributed by atoms with Crippen molar-refractivity contribution in [3.8, 4) is 5.75 Å². The van der Waals surface area contributed by atoms with E-state index in [2.05, 4.69) is 24.1 Å². The zero-order valence-corrected chi connectivity index (χ0v) is 18.1. The topological polar surface area (TPSA) is 51.2 Å². The lowest BCUT2D eigenvalue weighted by Crippen LogP contribution is -2.11. The van der Waals surface area contributed by atoms with Gasteiger partial charge in [-0.3, -0.25) is 4.79 Å². The van der Waals surface area contributed by atoms with Gasteiger partial charge in [0.05, 0.1) is 12.2 Å². The van der Waals surface area contributed by atoms with Crippen LogP contribution in [0.5, 0.6) is 5.75 Å². The number of benzene rings is 1. The number of nitrogens with zero attached hydrogens (tertiary/aromatic N) is 1. The zero-order valence-electron chi connectivity index (χ0n) is 18.1. The van der Waals surface area contributed by atoms with Crippen LogP contribution in [-0.4, -0.2) is 23.9 Å². The highest BCUT2D eigenvalue weighted by molar-refractivity contribution is 6.12. The average Bonchev–Trinajstić information content (AvgIpc) is 2.76. The molecule has 1 aromatic carbocycles. The van der Waals surface area contributed by atoms with E-state index in [-0.39, 0.29) is 5.78 Å². The summed E-state index contributed by atoms with van der Waals surface area (Å²) in [6.07, 6.45) is 12.9. The minimum Gasteiger partial charge on any atom is -0.494 e. The number of carbonyl (C=O) groups excluding carboxylic acids is 1. The minimum atomic E-state index is -0.0292. The molecule has 0 radical (unpaired) electrons. The molecule has 2 rings (SSSR count). The number of ether oxygens (including phenoxy) is 1. The molecule has 0 unspecified atom stereocenters. The fourth-order valence-corrected chi connectivity index (χ4v) is 3.30. The summed E-state index contributed by atoms with van der Waals surface area (Å²) in [5, 5.41) is 3.36. The van der Waals surface area contributed by atoms with Crippen molar-refractivity contribution in [2.45, 2.75) is 71.6 Å². The molecule has 1 heterocycles. The smallest absolute Gasteiger partial charge is 0.196 e. The van der Waals surface area contributed by atoms with Crippen molar-refractivity contribution in [2.75, 3.05) is 18.5 Å². The molecule has 0 bridgehead atoms. The van der Waals surface area contributed by atoms with Crippen LogP contribution >= 0.6 is 0 Å². The van der Waals surface area contributed by atoms with Crippen LogP contribution in [0.2, 0.25) is 0 Å².